The summed E-state index contributed by atoms with van der Waals surface area (Å²) >= 11 is 0. The smallest absolute Gasteiger partial charge is 0.126 e. The molecule has 2 N–H and O–H groups in total. The Balaban J connectivity index is 2.35. The molecule has 72 valence electrons. The van der Waals surface area contributed by atoms with Crippen LogP contribution in [0.15, 0.2) is 0 Å². The Kier molecular flexibility index (Phi) is 3.42. The first-order chi connectivity index (χ1) is 5.66. The van der Waals surface area contributed by atoms with Gasteiger partial charge in [0.05, 0.1) is 19.8 Å². The molecule has 0 aliphatic carbocycles. The van der Waals surface area contributed by atoms with Gasteiger partial charge in [-0.25, -0.2) is 0 Å². The highest BCUT2D eigenvalue weighted by molar-refractivity contribution is 4.56. The summed E-state index contributed by atoms with van der Waals surface area (Å²) in [6.45, 7) is 1.36. The molecule has 1 atom stereocenters. The van der Waals surface area contributed by atoms with Crippen molar-refractivity contribution in [3.8, 4) is 0 Å². The van der Waals surface area contributed by atoms with Crippen molar-refractivity contribution >= 4 is 0 Å². The Bertz CT molecular complexity index is 135. The number of hydroxylamine groups is 3. The third kappa shape index (κ3) is 2.69. The van der Waals surface area contributed by atoms with Gasteiger partial charge >= 0.3 is 0 Å². The number of quaternary nitrogens is 1. The average molecular weight is 177 g/mol. The van der Waals surface area contributed by atoms with Crippen LogP contribution in [0.25, 0.3) is 0 Å². The summed E-state index contributed by atoms with van der Waals surface area (Å²) in [5.41, 5.74) is 0. The topological polar surface area (TPSA) is 72.8 Å². The summed E-state index contributed by atoms with van der Waals surface area (Å²) in [4.78, 5) is 0. The van der Waals surface area contributed by atoms with Crippen LogP contribution in [-0.4, -0.2) is 60.4 Å². The van der Waals surface area contributed by atoms with E-state index in [1.54, 1.807) is 0 Å². The van der Waals surface area contributed by atoms with E-state index >= 15 is 0 Å². The molecule has 0 bridgehead atoms. The van der Waals surface area contributed by atoms with E-state index in [0.717, 1.165) is 0 Å². The quantitative estimate of drug-likeness (QED) is 0.414. The van der Waals surface area contributed by atoms with Gasteiger partial charge in [-0.1, -0.05) is 0 Å². The summed E-state index contributed by atoms with van der Waals surface area (Å²) in [5, 5.41) is 29.3. The van der Waals surface area contributed by atoms with E-state index in [4.69, 9.17) is 14.9 Å². The minimum atomic E-state index is -0.902. The number of aliphatic hydroxyl groups is 2. The lowest BCUT2D eigenvalue weighted by Gasteiger charge is -2.45. The fourth-order valence-corrected chi connectivity index (χ4v) is 1.30. The zero-order valence-electron chi connectivity index (χ0n) is 6.98. The van der Waals surface area contributed by atoms with Gasteiger partial charge < -0.3 is 24.8 Å². The average Bonchev–Trinajstić information content (AvgIpc) is 2.05. The van der Waals surface area contributed by atoms with Gasteiger partial charge in [0.25, 0.3) is 0 Å². The van der Waals surface area contributed by atoms with E-state index in [9.17, 15) is 5.21 Å². The van der Waals surface area contributed by atoms with Crippen molar-refractivity contribution < 1.29 is 19.6 Å². The second-order valence-corrected chi connectivity index (χ2v) is 3.14. The minimum absolute atomic E-state index is 0.0693. The highest BCUT2D eigenvalue weighted by atomic mass is 16.6. The van der Waals surface area contributed by atoms with Crippen LogP contribution in [0.1, 0.15) is 0 Å². The van der Waals surface area contributed by atoms with Gasteiger partial charge in [-0.2, -0.15) is 0 Å². The van der Waals surface area contributed by atoms with Crippen LogP contribution in [-0.2, 0) is 4.74 Å². The van der Waals surface area contributed by atoms with E-state index in [2.05, 4.69) is 0 Å². The fraction of sp³-hybridized carbons (Fsp3) is 1.00. The molecule has 0 amide bonds. The number of ether oxygens (including phenoxy) is 1. The van der Waals surface area contributed by atoms with Crippen molar-refractivity contribution in [3.63, 3.8) is 0 Å². The van der Waals surface area contributed by atoms with E-state index in [0.29, 0.717) is 26.3 Å². The molecule has 0 radical (unpaired) electrons. The lowest BCUT2D eigenvalue weighted by molar-refractivity contribution is -0.891. The van der Waals surface area contributed by atoms with Crippen LogP contribution in [0.3, 0.4) is 0 Å². The van der Waals surface area contributed by atoms with Gasteiger partial charge in [0.2, 0.25) is 0 Å². The van der Waals surface area contributed by atoms with Crippen LogP contribution in [0.4, 0.5) is 0 Å². The fourth-order valence-electron chi connectivity index (χ4n) is 1.30. The maximum atomic E-state index is 11.7. The molecular formula is C7H15NO4. The summed E-state index contributed by atoms with van der Waals surface area (Å²) in [6.07, 6.45) is -0.902. The molecule has 0 spiro atoms. The Morgan fingerprint density at radius 3 is 2.50 bits per heavy atom. The van der Waals surface area contributed by atoms with Crippen molar-refractivity contribution in [2.45, 2.75) is 6.10 Å². The van der Waals surface area contributed by atoms with Crippen molar-refractivity contribution in [2.75, 3.05) is 39.5 Å². The maximum absolute atomic E-state index is 11.7. The van der Waals surface area contributed by atoms with Crippen molar-refractivity contribution in [1.29, 1.82) is 0 Å². The Morgan fingerprint density at radius 2 is 2.00 bits per heavy atom. The molecule has 1 fully saturated rings. The largest absolute Gasteiger partial charge is 0.633 e. The van der Waals surface area contributed by atoms with E-state index in [-0.39, 0.29) is 13.2 Å². The van der Waals surface area contributed by atoms with Gasteiger partial charge in [-0.3, -0.25) is 0 Å². The van der Waals surface area contributed by atoms with Gasteiger partial charge in [-0.05, 0) is 0 Å². The highest BCUT2D eigenvalue weighted by Gasteiger charge is 2.23. The first-order valence-electron chi connectivity index (χ1n) is 4.10. The number of morpholine rings is 1. The molecule has 1 aliphatic rings. The van der Waals surface area contributed by atoms with Crippen LogP contribution in [0, 0.1) is 5.21 Å². The molecule has 1 saturated heterocycles. The minimum Gasteiger partial charge on any atom is -0.633 e. The van der Waals surface area contributed by atoms with Crippen molar-refractivity contribution in [3.05, 3.63) is 5.21 Å². The third-order valence-corrected chi connectivity index (χ3v) is 2.04. The molecule has 0 aromatic rings. The standard InChI is InChI=1S/C7H15NO4/c9-6-7(10)5-8(11)1-3-12-4-2-8/h7,9-10H,1-6H2. The normalized spacial score (nSPS) is 25.2. The highest BCUT2D eigenvalue weighted by Crippen LogP contribution is 2.09. The zero-order chi connectivity index (χ0) is 9.03. The van der Waals surface area contributed by atoms with Crippen molar-refractivity contribution in [2.24, 2.45) is 0 Å². The van der Waals surface area contributed by atoms with Crippen LogP contribution in [0.5, 0.6) is 0 Å². The van der Waals surface area contributed by atoms with Gasteiger partial charge in [0.15, 0.2) is 0 Å². The number of nitrogens with zero attached hydrogens (tertiary/aromatic N) is 1. The first-order valence-corrected chi connectivity index (χ1v) is 4.10. The molecule has 0 saturated carbocycles. The molecule has 0 aromatic heterocycles. The second-order valence-electron chi connectivity index (χ2n) is 3.14. The van der Waals surface area contributed by atoms with Gasteiger partial charge in [0, 0.05) is 0 Å². The van der Waals surface area contributed by atoms with Gasteiger partial charge in [0.1, 0.15) is 25.7 Å². The number of rotatable bonds is 3. The zero-order valence-corrected chi connectivity index (χ0v) is 6.98. The Labute approximate surface area is 71.3 Å². The third-order valence-electron chi connectivity index (χ3n) is 2.04. The molecule has 1 rings (SSSR count). The van der Waals surface area contributed by atoms with E-state index < -0.39 is 10.8 Å². The molecule has 5 nitrogen and oxygen atoms in total. The number of hydrogen-bond donors (Lipinski definition) is 2. The second kappa shape index (κ2) is 4.15. The molecule has 0 aromatic carbocycles. The number of hydrogen-bond acceptors (Lipinski definition) is 4. The Morgan fingerprint density at radius 1 is 1.42 bits per heavy atom. The molecule has 1 heterocycles. The molecule has 1 unspecified atom stereocenters. The van der Waals surface area contributed by atoms with E-state index in [1.807, 2.05) is 0 Å². The summed E-state index contributed by atoms with van der Waals surface area (Å²) in [7, 11) is 0. The monoisotopic (exact) mass is 177 g/mol. The Hall–Kier alpha value is -0.200. The summed E-state index contributed by atoms with van der Waals surface area (Å²) in [5.74, 6) is 0. The van der Waals surface area contributed by atoms with Gasteiger partial charge in [-0.15, -0.1) is 0 Å². The predicted molar refractivity (Wildman–Crippen MR) is 42.1 cm³/mol. The molecule has 12 heavy (non-hydrogen) atoms. The van der Waals surface area contributed by atoms with Crippen molar-refractivity contribution in [1.82, 2.24) is 0 Å². The molecule has 5 heteroatoms. The predicted octanol–water partition coefficient (Wildman–Crippen LogP) is -1.32. The molecular weight excluding hydrogens is 162 g/mol. The lowest BCUT2D eigenvalue weighted by atomic mass is 10.3. The number of aliphatic hydroxyl groups excluding tert-OH is 2. The summed E-state index contributed by atoms with van der Waals surface area (Å²) in [6, 6.07) is 0. The van der Waals surface area contributed by atoms with Crippen LogP contribution >= 0.6 is 0 Å². The summed E-state index contributed by atoms with van der Waals surface area (Å²) < 4.78 is 4.58. The molecule has 1 aliphatic heterocycles. The first kappa shape index (κ1) is 9.88. The maximum Gasteiger partial charge on any atom is 0.126 e. The van der Waals surface area contributed by atoms with E-state index in [1.165, 1.54) is 0 Å². The van der Waals surface area contributed by atoms with Crippen LogP contribution < -0.4 is 0 Å². The lowest BCUT2D eigenvalue weighted by Crippen LogP contribution is -2.54. The van der Waals surface area contributed by atoms with Crippen LogP contribution in [0.2, 0.25) is 0 Å². The SMILES string of the molecule is [O-][N+]1(CC(O)CO)CCOCC1.